The third-order valence-corrected chi connectivity index (χ3v) is 3.00. The molecule has 2 heterocycles. The molecule has 20 heavy (non-hydrogen) atoms. The smallest absolute Gasteiger partial charge is 0.216 e. The van der Waals surface area contributed by atoms with E-state index in [2.05, 4.69) is 20.1 Å². The molecule has 0 aliphatic heterocycles. The quantitative estimate of drug-likeness (QED) is 0.726. The fraction of sp³-hybridized carbons (Fsp3) is 0.143. The van der Waals surface area contributed by atoms with Gasteiger partial charge in [-0.1, -0.05) is 30.3 Å². The summed E-state index contributed by atoms with van der Waals surface area (Å²) in [6.07, 6.45) is 0. The lowest BCUT2D eigenvalue weighted by Gasteiger charge is -2.02. The number of aromatic nitrogens is 5. The second kappa shape index (κ2) is 5.02. The van der Waals surface area contributed by atoms with Gasteiger partial charge in [-0.2, -0.15) is 9.67 Å². The molecular formula is C14H12ClN5. The molecule has 0 N–H and O–H groups in total. The fourth-order valence-electron chi connectivity index (χ4n) is 1.93. The van der Waals surface area contributed by atoms with Gasteiger partial charge in [-0.05, 0) is 31.5 Å². The summed E-state index contributed by atoms with van der Waals surface area (Å²) in [4.78, 5) is 12.9. The van der Waals surface area contributed by atoms with Crippen molar-refractivity contribution >= 4 is 11.6 Å². The van der Waals surface area contributed by atoms with Crippen molar-refractivity contribution in [3.05, 3.63) is 53.1 Å². The molecule has 5 nitrogen and oxygen atoms in total. The largest absolute Gasteiger partial charge is 0.253 e. The summed E-state index contributed by atoms with van der Waals surface area (Å²) in [6, 6.07) is 11.5. The van der Waals surface area contributed by atoms with E-state index in [0.29, 0.717) is 11.8 Å². The normalized spacial score (nSPS) is 10.8. The highest BCUT2D eigenvalue weighted by atomic mass is 35.5. The summed E-state index contributed by atoms with van der Waals surface area (Å²) in [5.41, 5.74) is 2.62. The van der Waals surface area contributed by atoms with Gasteiger partial charge < -0.3 is 0 Å². The third-order valence-electron chi connectivity index (χ3n) is 2.76. The lowest BCUT2D eigenvalue weighted by atomic mass is 10.2. The molecule has 1 aromatic carbocycles. The van der Waals surface area contributed by atoms with Crippen molar-refractivity contribution in [1.82, 2.24) is 24.7 Å². The van der Waals surface area contributed by atoms with Crippen LogP contribution < -0.4 is 0 Å². The Morgan fingerprint density at radius 2 is 1.60 bits per heavy atom. The predicted molar refractivity (Wildman–Crippen MR) is 76.9 cm³/mol. The molecule has 0 amide bonds. The molecule has 100 valence electrons. The number of hydrogen-bond donors (Lipinski definition) is 0. The van der Waals surface area contributed by atoms with E-state index in [-0.39, 0.29) is 5.28 Å². The number of aryl methyl sites for hydroxylation is 2. The zero-order valence-corrected chi connectivity index (χ0v) is 11.8. The molecule has 6 heteroatoms. The molecule has 0 aliphatic rings. The van der Waals surface area contributed by atoms with E-state index in [1.54, 1.807) is 0 Å². The topological polar surface area (TPSA) is 56.5 Å². The minimum absolute atomic E-state index is 0.244. The first-order valence-electron chi connectivity index (χ1n) is 6.14. The number of nitrogens with zero attached hydrogens (tertiary/aromatic N) is 5. The number of rotatable bonds is 2. The van der Waals surface area contributed by atoms with Gasteiger partial charge in [0.1, 0.15) is 0 Å². The highest BCUT2D eigenvalue weighted by Gasteiger charge is 2.13. The average molecular weight is 286 g/mol. The van der Waals surface area contributed by atoms with E-state index in [0.717, 1.165) is 17.0 Å². The molecule has 0 saturated heterocycles. The molecule has 0 atom stereocenters. The Morgan fingerprint density at radius 3 is 2.25 bits per heavy atom. The lowest BCUT2D eigenvalue weighted by Crippen LogP contribution is -2.05. The SMILES string of the molecule is Cc1cc(C)nc(-n2nc(-c3ccccc3)nc2Cl)n1. The van der Waals surface area contributed by atoms with Gasteiger partial charge in [-0.25, -0.2) is 9.97 Å². The second-order valence-electron chi connectivity index (χ2n) is 4.43. The monoisotopic (exact) mass is 285 g/mol. The van der Waals surface area contributed by atoms with Crippen LogP contribution in [0.5, 0.6) is 0 Å². The Kier molecular flexibility index (Phi) is 3.20. The van der Waals surface area contributed by atoms with Gasteiger partial charge in [-0.15, -0.1) is 5.10 Å². The van der Waals surface area contributed by atoms with Crippen LogP contribution in [0, 0.1) is 13.8 Å². The zero-order chi connectivity index (χ0) is 14.1. The van der Waals surface area contributed by atoms with E-state index in [1.807, 2.05) is 50.2 Å². The van der Waals surface area contributed by atoms with Crippen LogP contribution in [0.2, 0.25) is 5.28 Å². The van der Waals surface area contributed by atoms with Crippen molar-refractivity contribution in [3.63, 3.8) is 0 Å². The molecule has 0 aliphatic carbocycles. The van der Waals surface area contributed by atoms with E-state index in [4.69, 9.17) is 11.6 Å². The minimum Gasteiger partial charge on any atom is -0.216 e. The van der Waals surface area contributed by atoms with Gasteiger partial charge in [0.2, 0.25) is 5.28 Å². The molecule has 0 bridgehead atoms. The van der Waals surface area contributed by atoms with Crippen LogP contribution in [0.4, 0.5) is 0 Å². The van der Waals surface area contributed by atoms with E-state index >= 15 is 0 Å². The van der Waals surface area contributed by atoms with Crippen LogP contribution in [0.25, 0.3) is 17.3 Å². The summed E-state index contributed by atoms with van der Waals surface area (Å²) in [7, 11) is 0. The van der Waals surface area contributed by atoms with Crippen molar-refractivity contribution in [1.29, 1.82) is 0 Å². The summed E-state index contributed by atoms with van der Waals surface area (Å²) in [5, 5.41) is 4.63. The molecule has 0 saturated carbocycles. The summed E-state index contributed by atoms with van der Waals surface area (Å²) in [6.45, 7) is 3.81. The minimum atomic E-state index is 0.244. The Balaban J connectivity index is 2.09. The number of halogens is 1. The van der Waals surface area contributed by atoms with Crippen LogP contribution >= 0.6 is 11.6 Å². The number of hydrogen-bond acceptors (Lipinski definition) is 4. The molecule has 0 unspecified atom stereocenters. The molecule has 3 aromatic rings. The highest BCUT2D eigenvalue weighted by Crippen LogP contribution is 2.19. The molecular weight excluding hydrogens is 274 g/mol. The van der Waals surface area contributed by atoms with Crippen LogP contribution in [0.1, 0.15) is 11.4 Å². The van der Waals surface area contributed by atoms with Gasteiger partial charge in [0.05, 0.1) is 0 Å². The Labute approximate surface area is 121 Å². The van der Waals surface area contributed by atoms with Gasteiger partial charge >= 0.3 is 0 Å². The van der Waals surface area contributed by atoms with Gasteiger partial charge in [0.15, 0.2) is 5.82 Å². The van der Waals surface area contributed by atoms with E-state index in [1.165, 1.54) is 4.68 Å². The lowest BCUT2D eigenvalue weighted by molar-refractivity contribution is 0.795. The standard InChI is InChI=1S/C14H12ClN5/c1-9-8-10(2)17-14(16-9)20-13(15)18-12(19-20)11-6-4-3-5-7-11/h3-8H,1-2H3. The first kappa shape index (κ1) is 12.7. The van der Waals surface area contributed by atoms with E-state index in [9.17, 15) is 0 Å². The number of benzene rings is 1. The second-order valence-corrected chi connectivity index (χ2v) is 4.77. The predicted octanol–water partition coefficient (Wildman–Crippen LogP) is 2.99. The van der Waals surface area contributed by atoms with Crippen molar-refractivity contribution in [2.75, 3.05) is 0 Å². The van der Waals surface area contributed by atoms with Gasteiger partial charge in [0.25, 0.3) is 5.95 Å². The van der Waals surface area contributed by atoms with Gasteiger partial charge in [0, 0.05) is 17.0 Å². The van der Waals surface area contributed by atoms with Crippen molar-refractivity contribution < 1.29 is 0 Å². The first-order chi connectivity index (χ1) is 9.63. The van der Waals surface area contributed by atoms with Crippen molar-refractivity contribution in [2.24, 2.45) is 0 Å². The Bertz CT molecular complexity index is 731. The molecule has 2 aromatic heterocycles. The Morgan fingerprint density at radius 1 is 0.950 bits per heavy atom. The summed E-state index contributed by atoms with van der Waals surface area (Å²) in [5.74, 6) is 0.987. The van der Waals surface area contributed by atoms with Crippen molar-refractivity contribution in [2.45, 2.75) is 13.8 Å². The fourth-order valence-corrected chi connectivity index (χ4v) is 2.13. The van der Waals surface area contributed by atoms with Crippen LogP contribution in [0.15, 0.2) is 36.4 Å². The maximum atomic E-state index is 6.14. The van der Waals surface area contributed by atoms with Gasteiger partial charge in [-0.3, -0.25) is 0 Å². The maximum absolute atomic E-state index is 6.14. The Hall–Kier alpha value is -2.27. The molecule has 0 spiro atoms. The van der Waals surface area contributed by atoms with Crippen LogP contribution in [-0.4, -0.2) is 24.7 Å². The molecule has 0 radical (unpaired) electrons. The summed E-state index contributed by atoms with van der Waals surface area (Å²) < 4.78 is 1.45. The van der Waals surface area contributed by atoms with Crippen LogP contribution in [0.3, 0.4) is 0 Å². The van der Waals surface area contributed by atoms with Crippen LogP contribution in [-0.2, 0) is 0 Å². The zero-order valence-electron chi connectivity index (χ0n) is 11.1. The summed E-state index contributed by atoms with van der Waals surface area (Å²) >= 11 is 6.14. The average Bonchev–Trinajstić information content (AvgIpc) is 2.81. The van der Waals surface area contributed by atoms with Crippen molar-refractivity contribution in [3.8, 4) is 17.3 Å². The third kappa shape index (κ3) is 2.40. The maximum Gasteiger partial charge on any atom is 0.253 e. The molecule has 3 rings (SSSR count). The van der Waals surface area contributed by atoms with E-state index < -0.39 is 0 Å². The first-order valence-corrected chi connectivity index (χ1v) is 6.52. The molecule has 0 fully saturated rings. The highest BCUT2D eigenvalue weighted by molar-refractivity contribution is 6.28.